The van der Waals surface area contributed by atoms with Crippen LogP contribution in [-0.2, 0) is 0 Å². The highest BCUT2D eigenvalue weighted by Gasteiger charge is 2.17. The number of carboxylic acids is 1. The first-order chi connectivity index (χ1) is 7.50. The summed E-state index contributed by atoms with van der Waals surface area (Å²) in [5.41, 5.74) is -0.525. The van der Waals surface area contributed by atoms with E-state index < -0.39 is 22.9 Å². The number of phenols is 1. The van der Waals surface area contributed by atoms with Crippen molar-refractivity contribution in [1.82, 2.24) is 0 Å². The predicted octanol–water partition coefficient (Wildman–Crippen LogP) is 1.51. The van der Waals surface area contributed by atoms with Gasteiger partial charge in [-0.1, -0.05) is 0 Å². The molecule has 0 spiro atoms. The molecule has 0 saturated carbocycles. The molecule has 1 aromatic heterocycles. The predicted molar refractivity (Wildman–Crippen MR) is 55.8 cm³/mol. The Labute approximate surface area is 89.6 Å². The van der Waals surface area contributed by atoms with Gasteiger partial charge >= 0.3 is 11.6 Å². The van der Waals surface area contributed by atoms with E-state index in [0.717, 1.165) is 0 Å². The normalized spacial score (nSPS) is 10.6. The van der Waals surface area contributed by atoms with Crippen LogP contribution in [0.3, 0.4) is 0 Å². The van der Waals surface area contributed by atoms with Crippen LogP contribution in [0.1, 0.15) is 15.9 Å². The fourth-order valence-electron chi connectivity index (χ4n) is 1.58. The number of hydrogen-bond donors (Lipinski definition) is 2. The SMILES string of the molecule is Cc1cc(=O)oc2c(C(=O)O)c(O)ccc12. The van der Waals surface area contributed by atoms with Crippen molar-refractivity contribution in [3.8, 4) is 5.75 Å². The molecule has 1 heterocycles. The zero-order chi connectivity index (χ0) is 11.9. The number of benzene rings is 1. The molecule has 2 rings (SSSR count). The van der Waals surface area contributed by atoms with Crippen molar-refractivity contribution < 1.29 is 19.4 Å². The summed E-state index contributed by atoms with van der Waals surface area (Å²) >= 11 is 0. The van der Waals surface area contributed by atoms with E-state index in [1.807, 2.05) is 0 Å². The number of fused-ring (bicyclic) bond motifs is 1. The van der Waals surface area contributed by atoms with E-state index in [9.17, 15) is 14.7 Å². The van der Waals surface area contributed by atoms with Gasteiger partial charge in [-0.2, -0.15) is 0 Å². The molecule has 0 saturated heterocycles. The lowest BCUT2D eigenvalue weighted by molar-refractivity contribution is 0.0694. The lowest BCUT2D eigenvalue weighted by Gasteiger charge is -2.04. The molecule has 0 fully saturated rings. The molecule has 0 aliphatic carbocycles. The quantitative estimate of drug-likeness (QED) is 0.711. The van der Waals surface area contributed by atoms with E-state index in [1.54, 1.807) is 6.92 Å². The second-order valence-electron chi connectivity index (χ2n) is 3.39. The molecular formula is C11H8O5. The van der Waals surface area contributed by atoms with Gasteiger partial charge in [0.1, 0.15) is 11.3 Å². The van der Waals surface area contributed by atoms with Crippen LogP contribution in [0.5, 0.6) is 5.75 Å². The van der Waals surface area contributed by atoms with Gasteiger partial charge in [-0.15, -0.1) is 0 Å². The van der Waals surface area contributed by atoms with Crippen LogP contribution < -0.4 is 5.63 Å². The summed E-state index contributed by atoms with van der Waals surface area (Å²) in [7, 11) is 0. The van der Waals surface area contributed by atoms with Crippen LogP contribution in [0.25, 0.3) is 11.0 Å². The maximum atomic E-state index is 11.1. The summed E-state index contributed by atoms with van der Waals surface area (Å²) in [5, 5.41) is 18.8. The molecule has 2 aromatic rings. The van der Waals surface area contributed by atoms with E-state index in [4.69, 9.17) is 9.52 Å². The van der Waals surface area contributed by atoms with Crippen molar-refractivity contribution in [2.24, 2.45) is 0 Å². The first-order valence-electron chi connectivity index (χ1n) is 4.50. The van der Waals surface area contributed by atoms with Crippen LogP contribution >= 0.6 is 0 Å². The number of rotatable bonds is 1. The van der Waals surface area contributed by atoms with Gasteiger partial charge in [0.25, 0.3) is 0 Å². The minimum Gasteiger partial charge on any atom is -0.507 e. The van der Waals surface area contributed by atoms with Crippen molar-refractivity contribution in [1.29, 1.82) is 0 Å². The molecule has 0 aliphatic heterocycles. The van der Waals surface area contributed by atoms with E-state index in [2.05, 4.69) is 0 Å². The highest BCUT2D eigenvalue weighted by molar-refractivity contribution is 6.04. The topological polar surface area (TPSA) is 87.7 Å². The second kappa shape index (κ2) is 3.37. The van der Waals surface area contributed by atoms with Crippen LogP contribution in [-0.4, -0.2) is 16.2 Å². The first kappa shape index (κ1) is 10.2. The number of aryl methyl sites for hydroxylation is 1. The highest BCUT2D eigenvalue weighted by Crippen LogP contribution is 2.27. The molecule has 5 heteroatoms. The maximum Gasteiger partial charge on any atom is 0.343 e. The Morgan fingerprint density at radius 3 is 2.69 bits per heavy atom. The largest absolute Gasteiger partial charge is 0.507 e. The third-order valence-corrected chi connectivity index (χ3v) is 2.31. The van der Waals surface area contributed by atoms with Crippen LogP contribution in [0.4, 0.5) is 0 Å². The molecule has 0 aliphatic rings. The summed E-state index contributed by atoms with van der Waals surface area (Å²) in [6.45, 7) is 1.67. The van der Waals surface area contributed by atoms with Gasteiger partial charge in [-0.3, -0.25) is 0 Å². The minimum atomic E-state index is -1.34. The molecule has 0 bridgehead atoms. The van der Waals surface area contributed by atoms with Crippen molar-refractivity contribution >= 4 is 16.9 Å². The highest BCUT2D eigenvalue weighted by atomic mass is 16.4. The molecule has 0 atom stereocenters. The lowest BCUT2D eigenvalue weighted by Crippen LogP contribution is -2.03. The molecule has 82 valence electrons. The fourth-order valence-corrected chi connectivity index (χ4v) is 1.58. The Morgan fingerprint density at radius 2 is 2.06 bits per heavy atom. The van der Waals surface area contributed by atoms with Crippen LogP contribution in [0, 0.1) is 6.92 Å². The molecule has 0 unspecified atom stereocenters. The number of aromatic hydroxyl groups is 1. The number of hydrogen-bond acceptors (Lipinski definition) is 4. The Bertz CT molecular complexity index is 639. The molecule has 16 heavy (non-hydrogen) atoms. The van der Waals surface area contributed by atoms with E-state index in [1.165, 1.54) is 18.2 Å². The van der Waals surface area contributed by atoms with Gasteiger partial charge in [0.15, 0.2) is 5.58 Å². The van der Waals surface area contributed by atoms with E-state index >= 15 is 0 Å². The molecule has 2 N–H and O–H groups in total. The summed E-state index contributed by atoms with van der Waals surface area (Å²) in [4.78, 5) is 22.1. The smallest absolute Gasteiger partial charge is 0.343 e. The van der Waals surface area contributed by atoms with Crippen molar-refractivity contribution in [2.75, 3.05) is 0 Å². The van der Waals surface area contributed by atoms with E-state index in [-0.39, 0.29) is 5.58 Å². The third kappa shape index (κ3) is 1.42. The molecule has 1 aromatic carbocycles. The number of carbonyl (C=O) groups is 1. The van der Waals surface area contributed by atoms with Gasteiger partial charge in [-0.05, 0) is 24.6 Å². The van der Waals surface area contributed by atoms with Gasteiger partial charge in [0.2, 0.25) is 0 Å². The van der Waals surface area contributed by atoms with Crippen LogP contribution in [0.2, 0.25) is 0 Å². The summed E-state index contributed by atoms with van der Waals surface area (Å²) in [5.74, 6) is -1.76. The van der Waals surface area contributed by atoms with Gasteiger partial charge in [0.05, 0.1) is 0 Å². The summed E-state index contributed by atoms with van der Waals surface area (Å²) in [6.07, 6.45) is 0. The lowest BCUT2D eigenvalue weighted by atomic mass is 10.1. The van der Waals surface area contributed by atoms with Gasteiger partial charge in [-0.25, -0.2) is 9.59 Å². The van der Waals surface area contributed by atoms with Crippen molar-refractivity contribution in [3.63, 3.8) is 0 Å². The number of carboxylic acid groups (broad SMARTS) is 1. The van der Waals surface area contributed by atoms with Crippen LogP contribution in [0.15, 0.2) is 27.4 Å². The molecule has 0 radical (unpaired) electrons. The standard InChI is InChI=1S/C11H8O5/c1-5-4-8(13)16-10-6(5)2-3-7(12)9(10)11(14)15/h2-4,12H,1H3,(H,14,15). The van der Waals surface area contributed by atoms with Crippen molar-refractivity contribution in [3.05, 3.63) is 39.7 Å². The Morgan fingerprint density at radius 1 is 1.38 bits per heavy atom. The Hall–Kier alpha value is -2.30. The molecule has 0 amide bonds. The van der Waals surface area contributed by atoms with E-state index in [0.29, 0.717) is 10.9 Å². The average Bonchev–Trinajstić information content (AvgIpc) is 2.15. The Kier molecular flexibility index (Phi) is 2.16. The molecule has 5 nitrogen and oxygen atoms in total. The van der Waals surface area contributed by atoms with Gasteiger partial charge in [0, 0.05) is 11.5 Å². The first-order valence-corrected chi connectivity index (χ1v) is 4.50. The fraction of sp³-hybridized carbons (Fsp3) is 0.0909. The summed E-state index contributed by atoms with van der Waals surface area (Å²) in [6, 6.07) is 4.04. The zero-order valence-electron chi connectivity index (χ0n) is 8.35. The Balaban J connectivity index is 3.03. The average molecular weight is 220 g/mol. The summed E-state index contributed by atoms with van der Waals surface area (Å²) < 4.78 is 4.82. The monoisotopic (exact) mass is 220 g/mol. The van der Waals surface area contributed by atoms with Crippen molar-refractivity contribution in [2.45, 2.75) is 6.92 Å². The molecular weight excluding hydrogens is 212 g/mol. The second-order valence-corrected chi connectivity index (χ2v) is 3.39. The minimum absolute atomic E-state index is 0.0995. The number of aromatic carboxylic acids is 1. The van der Waals surface area contributed by atoms with Gasteiger partial charge < -0.3 is 14.6 Å². The maximum absolute atomic E-state index is 11.1. The zero-order valence-corrected chi connectivity index (χ0v) is 8.35. The third-order valence-electron chi connectivity index (χ3n) is 2.31.